The molecule has 4 aromatic rings. The van der Waals surface area contributed by atoms with Gasteiger partial charge in [-0.2, -0.15) is 0 Å². The molecule has 0 saturated carbocycles. The first-order chi connectivity index (χ1) is 15.5. The van der Waals surface area contributed by atoms with Crippen molar-refractivity contribution in [1.82, 2.24) is 4.98 Å². The molecule has 4 rings (SSSR count). The Morgan fingerprint density at radius 1 is 0.875 bits per heavy atom. The van der Waals surface area contributed by atoms with Crippen LogP contribution in [-0.2, 0) is 0 Å². The van der Waals surface area contributed by atoms with Gasteiger partial charge in [0.1, 0.15) is 5.82 Å². The molecule has 0 aliphatic carbocycles. The summed E-state index contributed by atoms with van der Waals surface area (Å²) in [7, 11) is 0. The zero-order valence-corrected chi connectivity index (χ0v) is 18.6. The molecule has 1 N–H and O–H groups in total. The number of nitrogens with one attached hydrogen (secondary N) is 1. The van der Waals surface area contributed by atoms with Crippen molar-refractivity contribution in [3.05, 3.63) is 102 Å². The predicted molar refractivity (Wildman–Crippen MR) is 130 cm³/mol. The van der Waals surface area contributed by atoms with Crippen molar-refractivity contribution in [3.63, 3.8) is 0 Å². The van der Waals surface area contributed by atoms with Crippen LogP contribution in [0, 0.1) is 5.82 Å². The van der Waals surface area contributed by atoms with Gasteiger partial charge in [-0.15, -0.1) is 0 Å². The molecule has 0 bridgehead atoms. The number of aromatic nitrogens is 1. The summed E-state index contributed by atoms with van der Waals surface area (Å²) in [5.74, 6) is -0.242. The summed E-state index contributed by atoms with van der Waals surface area (Å²) in [4.78, 5) is 19.4. The van der Waals surface area contributed by atoms with E-state index in [0.717, 1.165) is 33.8 Å². The Morgan fingerprint density at radius 2 is 1.47 bits per heavy atom. The van der Waals surface area contributed by atoms with Gasteiger partial charge in [0.25, 0.3) is 5.91 Å². The number of nitrogens with zero attached hydrogens (tertiary/aromatic N) is 1. The highest BCUT2D eigenvalue weighted by Gasteiger charge is 2.29. The van der Waals surface area contributed by atoms with Crippen molar-refractivity contribution in [2.75, 3.05) is 11.4 Å². The van der Waals surface area contributed by atoms with Crippen LogP contribution in [-0.4, -0.2) is 17.4 Å². The maximum Gasteiger partial charge on any atom is 0.260 e. The molecule has 0 unspecified atom stereocenters. The Kier molecular flexibility index (Phi) is 6.22. The monoisotopic (exact) mass is 426 g/mol. The minimum absolute atomic E-state index is 0.0501. The number of anilines is 1. The molecular weight excluding hydrogens is 399 g/mol. The van der Waals surface area contributed by atoms with E-state index in [-0.39, 0.29) is 17.6 Å². The summed E-state index contributed by atoms with van der Waals surface area (Å²) >= 11 is 0. The molecule has 0 radical (unpaired) electrons. The maximum absolute atomic E-state index is 14.0. The van der Waals surface area contributed by atoms with Gasteiger partial charge >= 0.3 is 0 Å². The van der Waals surface area contributed by atoms with Crippen molar-refractivity contribution in [2.24, 2.45) is 0 Å². The average Bonchev–Trinajstić information content (AvgIpc) is 3.22. The lowest BCUT2D eigenvalue weighted by molar-refractivity contribution is 0.0988. The van der Waals surface area contributed by atoms with Crippen LogP contribution in [0.5, 0.6) is 0 Å². The molecule has 162 valence electrons. The van der Waals surface area contributed by atoms with Crippen LogP contribution in [0.2, 0.25) is 0 Å². The van der Waals surface area contributed by atoms with Crippen LogP contribution in [0.4, 0.5) is 10.1 Å². The Morgan fingerprint density at radius 3 is 2.03 bits per heavy atom. The Labute approximate surface area is 188 Å². The van der Waals surface area contributed by atoms with Gasteiger partial charge in [-0.05, 0) is 60.4 Å². The quantitative estimate of drug-likeness (QED) is 0.345. The molecule has 1 heterocycles. The number of carbonyl (C=O) groups excluding carboxylic acids is 1. The zero-order chi connectivity index (χ0) is 22.7. The maximum atomic E-state index is 14.0. The molecule has 3 aromatic carbocycles. The Bertz CT molecular complexity index is 1200. The van der Waals surface area contributed by atoms with Crippen molar-refractivity contribution >= 4 is 11.6 Å². The van der Waals surface area contributed by atoms with E-state index < -0.39 is 0 Å². The van der Waals surface area contributed by atoms with Crippen LogP contribution in [0.15, 0.2) is 84.9 Å². The van der Waals surface area contributed by atoms with E-state index in [9.17, 15) is 9.18 Å². The number of halogens is 1. The second kappa shape index (κ2) is 9.23. The lowest BCUT2D eigenvalue weighted by Gasteiger charge is -2.23. The molecule has 1 amide bonds. The van der Waals surface area contributed by atoms with E-state index in [4.69, 9.17) is 0 Å². The minimum Gasteiger partial charge on any atom is -0.357 e. The molecular formula is C28H27FN2O. The summed E-state index contributed by atoms with van der Waals surface area (Å²) in [5.41, 5.74) is 5.86. The summed E-state index contributed by atoms with van der Waals surface area (Å²) in [6.45, 7) is 6.68. The minimum atomic E-state index is -0.289. The number of H-pyrrole nitrogens is 1. The zero-order valence-electron chi connectivity index (χ0n) is 18.6. The van der Waals surface area contributed by atoms with Crippen molar-refractivity contribution in [2.45, 2.75) is 26.7 Å². The van der Waals surface area contributed by atoms with Crippen LogP contribution < -0.4 is 4.90 Å². The summed E-state index contributed by atoms with van der Waals surface area (Å²) < 4.78 is 13.6. The molecule has 0 aliphatic rings. The van der Waals surface area contributed by atoms with E-state index >= 15 is 0 Å². The standard InChI is InChI=1S/C28H27FN2O/c1-4-31(23-13-9-6-10-14-23)28(32)25-24(20-11-7-5-8-12-20)27(30-26(25)19(2)3)21-15-17-22(29)18-16-21/h5-19,30H,4H2,1-3H3. The lowest BCUT2D eigenvalue weighted by atomic mass is 9.94. The second-order valence-corrected chi connectivity index (χ2v) is 8.08. The van der Waals surface area contributed by atoms with Crippen molar-refractivity contribution < 1.29 is 9.18 Å². The average molecular weight is 427 g/mol. The number of para-hydroxylation sites is 1. The third-order valence-electron chi connectivity index (χ3n) is 5.64. The Hall–Kier alpha value is -3.66. The van der Waals surface area contributed by atoms with E-state index in [1.54, 1.807) is 17.0 Å². The third kappa shape index (κ3) is 4.09. The van der Waals surface area contributed by atoms with E-state index in [1.165, 1.54) is 12.1 Å². The van der Waals surface area contributed by atoms with Crippen LogP contribution in [0.1, 0.15) is 42.7 Å². The first-order valence-corrected chi connectivity index (χ1v) is 10.9. The van der Waals surface area contributed by atoms with E-state index in [0.29, 0.717) is 12.1 Å². The molecule has 0 saturated heterocycles. The second-order valence-electron chi connectivity index (χ2n) is 8.08. The highest BCUT2D eigenvalue weighted by molar-refractivity contribution is 6.13. The number of aromatic amines is 1. The van der Waals surface area contributed by atoms with E-state index in [1.807, 2.05) is 67.6 Å². The molecule has 0 aliphatic heterocycles. The van der Waals surface area contributed by atoms with Gasteiger partial charge in [0.15, 0.2) is 0 Å². The van der Waals surface area contributed by atoms with Gasteiger partial charge < -0.3 is 9.88 Å². The van der Waals surface area contributed by atoms with E-state index in [2.05, 4.69) is 18.8 Å². The fourth-order valence-electron chi connectivity index (χ4n) is 4.09. The predicted octanol–water partition coefficient (Wildman–Crippen LogP) is 7.28. The molecule has 3 nitrogen and oxygen atoms in total. The largest absolute Gasteiger partial charge is 0.357 e. The van der Waals surface area contributed by atoms with Crippen LogP contribution in [0.25, 0.3) is 22.4 Å². The normalized spacial score (nSPS) is 11.0. The fourth-order valence-corrected chi connectivity index (χ4v) is 4.09. The number of hydrogen-bond donors (Lipinski definition) is 1. The van der Waals surface area contributed by atoms with Crippen molar-refractivity contribution in [1.29, 1.82) is 0 Å². The summed E-state index contributed by atoms with van der Waals surface area (Å²) in [6.07, 6.45) is 0. The number of hydrogen-bond acceptors (Lipinski definition) is 1. The smallest absolute Gasteiger partial charge is 0.260 e. The molecule has 32 heavy (non-hydrogen) atoms. The molecule has 0 atom stereocenters. The topological polar surface area (TPSA) is 36.1 Å². The third-order valence-corrected chi connectivity index (χ3v) is 5.64. The first kappa shape index (κ1) is 21.6. The lowest BCUT2D eigenvalue weighted by Crippen LogP contribution is -2.31. The number of benzene rings is 3. The van der Waals surface area contributed by atoms with Gasteiger partial charge in [0, 0.05) is 23.5 Å². The summed E-state index contributed by atoms with van der Waals surface area (Å²) in [5, 5.41) is 0. The van der Waals surface area contributed by atoms with Gasteiger partial charge in [-0.1, -0.05) is 62.4 Å². The highest BCUT2D eigenvalue weighted by atomic mass is 19.1. The SMILES string of the molecule is CCN(C(=O)c1c(C(C)C)[nH]c(-c2ccc(F)cc2)c1-c1ccccc1)c1ccccc1. The number of amides is 1. The molecule has 0 fully saturated rings. The first-order valence-electron chi connectivity index (χ1n) is 10.9. The van der Waals surface area contributed by atoms with Gasteiger partial charge in [0.05, 0.1) is 11.3 Å². The van der Waals surface area contributed by atoms with Crippen molar-refractivity contribution in [3.8, 4) is 22.4 Å². The molecule has 4 heteroatoms. The highest BCUT2D eigenvalue weighted by Crippen LogP contribution is 2.40. The van der Waals surface area contributed by atoms with Gasteiger partial charge in [-0.25, -0.2) is 4.39 Å². The number of rotatable bonds is 6. The van der Waals surface area contributed by atoms with Gasteiger partial charge in [-0.3, -0.25) is 4.79 Å². The summed E-state index contributed by atoms with van der Waals surface area (Å²) in [6, 6.07) is 26.0. The van der Waals surface area contributed by atoms with Crippen LogP contribution >= 0.6 is 0 Å². The molecule has 0 spiro atoms. The van der Waals surface area contributed by atoms with Crippen LogP contribution in [0.3, 0.4) is 0 Å². The number of carbonyl (C=O) groups is 1. The Balaban J connectivity index is 1.98. The fraction of sp³-hybridized carbons (Fsp3) is 0.179. The van der Waals surface area contributed by atoms with Gasteiger partial charge in [0.2, 0.25) is 0 Å². The molecule has 1 aromatic heterocycles.